The third-order valence-electron chi connectivity index (χ3n) is 3.81. The first-order valence-corrected chi connectivity index (χ1v) is 8.60. The largest absolute Gasteiger partial charge is 0.495 e. The Hall–Kier alpha value is -3.54. The summed E-state index contributed by atoms with van der Waals surface area (Å²) >= 11 is 0. The van der Waals surface area contributed by atoms with Crippen LogP contribution in [0, 0.1) is 0 Å². The van der Waals surface area contributed by atoms with Crippen molar-refractivity contribution in [3.05, 3.63) is 72.6 Å². The summed E-state index contributed by atoms with van der Waals surface area (Å²) < 4.78 is 10.9. The van der Waals surface area contributed by atoms with Gasteiger partial charge in [0.1, 0.15) is 17.2 Å². The predicted octanol–water partition coefficient (Wildman–Crippen LogP) is 4.48. The number of rotatable bonds is 7. The number of amides is 1. The van der Waals surface area contributed by atoms with Crippen LogP contribution in [0.4, 0.5) is 17.1 Å². The van der Waals surface area contributed by atoms with Crippen LogP contribution < -0.4 is 20.1 Å². The van der Waals surface area contributed by atoms with Gasteiger partial charge in [-0.05, 0) is 43.3 Å². The summed E-state index contributed by atoms with van der Waals surface area (Å²) in [7, 11) is 1.61. The molecule has 3 rings (SSSR count). The zero-order chi connectivity index (χ0) is 19.1. The number of pyridine rings is 1. The van der Waals surface area contributed by atoms with Crippen LogP contribution in [0.2, 0.25) is 0 Å². The fourth-order valence-electron chi connectivity index (χ4n) is 2.57. The molecule has 0 spiro atoms. The number of aromatic nitrogens is 1. The molecule has 0 bridgehead atoms. The van der Waals surface area contributed by atoms with E-state index in [-0.39, 0.29) is 5.91 Å². The molecule has 2 N–H and O–H groups in total. The lowest BCUT2D eigenvalue weighted by atomic mass is 10.2. The summed E-state index contributed by atoms with van der Waals surface area (Å²) in [6.45, 7) is 2.41. The second-order valence-electron chi connectivity index (χ2n) is 5.64. The van der Waals surface area contributed by atoms with Crippen LogP contribution in [-0.4, -0.2) is 24.6 Å². The minimum absolute atomic E-state index is 0.293. The van der Waals surface area contributed by atoms with E-state index in [1.165, 1.54) is 0 Å². The van der Waals surface area contributed by atoms with Gasteiger partial charge in [-0.15, -0.1) is 0 Å². The number of methoxy groups -OCH3 is 1. The number of benzene rings is 2. The number of carbonyl (C=O) groups excluding carboxylic acids is 1. The minimum Gasteiger partial charge on any atom is -0.495 e. The van der Waals surface area contributed by atoms with E-state index < -0.39 is 0 Å². The van der Waals surface area contributed by atoms with E-state index in [0.717, 1.165) is 11.4 Å². The van der Waals surface area contributed by atoms with Gasteiger partial charge < -0.3 is 20.1 Å². The first-order valence-electron chi connectivity index (χ1n) is 8.60. The van der Waals surface area contributed by atoms with Gasteiger partial charge in [0.25, 0.3) is 5.91 Å². The van der Waals surface area contributed by atoms with Crippen molar-refractivity contribution in [1.29, 1.82) is 0 Å². The highest BCUT2D eigenvalue weighted by molar-refractivity contribution is 6.04. The number of anilines is 3. The fraction of sp³-hybridized carbons (Fsp3) is 0.143. The molecule has 27 heavy (non-hydrogen) atoms. The second kappa shape index (κ2) is 8.71. The average molecular weight is 363 g/mol. The van der Waals surface area contributed by atoms with Crippen molar-refractivity contribution in [3.63, 3.8) is 0 Å². The van der Waals surface area contributed by atoms with Crippen molar-refractivity contribution in [3.8, 4) is 11.5 Å². The summed E-state index contributed by atoms with van der Waals surface area (Å²) in [6.07, 6.45) is 1.58. The first-order chi connectivity index (χ1) is 13.2. The Labute approximate surface area is 158 Å². The average Bonchev–Trinajstić information content (AvgIpc) is 2.70. The van der Waals surface area contributed by atoms with E-state index in [4.69, 9.17) is 9.47 Å². The smallest absolute Gasteiger partial charge is 0.274 e. The molecule has 1 heterocycles. The summed E-state index contributed by atoms with van der Waals surface area (Å²) in [4.78, 5) is 16.8. The van der Waals surface area contributed by atoms with Crippen LogP contribution in [0.1, 0.15) is 17.4 Å². The Morgan fingerprint density at radius 3 is 2.44 bits per heavy atom. The quantitative estimate of drug-likeness (QED) is 0.647. The third-order valence-corrected chi connectivity index (χ3v) is 3.81. The van der Waals surface area contributed by atoms with Gasteiger partial charge in [0.15, 0.2) is 0 Å². The zero-order valence-electron chi connectivity index (χ0n) is 15.2. The van der Waals surface area contributed by atoms with E-state index in [0.29, 0.717) is 29.5 Å². The number of hydrogen-bond acceptors (Lipinski definition) is 5. The number of nitrogens with one attached hydrogen (secondary N) is 2. The Balaban J connectivity index is 1.78. The van der Waals surface area contributed by atoms with Crippen molar-refractivity contribution >= 4 is 23.0 Å². The number of hydrogen-bond donors (Lipinski definition) is 2. The Morgan fingerprint density at radius 2 is 1.70 bits per heavy atom. The molecule has 1 amide bonds. The summed E-state index contributed by atoms with van der Waals surface area (Å²) in [5, 5.41) is 6.09. The molecule has 0 fully saturated rings. The standard InChI is InChI=1S/C21H21N3O3/c1-3-27-20-11-7-5-9-17(20)24-21(25)18-14-15(12-13-22-18)23-16-8-4-6-10-19(16)26-2/h4-14H,3H2,1-2H3,(H,22,23)(H,24,25). The molecule has 0 unspecified atom stereocenters. The van der Waals surface area contributed by atoms with Crippen LogP contribution in [0.25, 0.3) is 0 Å². The van der Waals surface area contributed by atoms with E-state index in [1.807, 2.05) is 49.4 Å². The highest BCUT2D eigenvalue weighted by Crippen LogP contribution is 2.27. The SMILES string of the molecule is CCOc1ccccc1NC(=O)c1cc(Nc2ccccc2OC)ccn1. The molecule has 6 heteroatoms. The van der Waals surface area contributed by atoms with Gasteiger partial charge in [0.05, 0.1) is 25.1 Å². The first kappa shape index (κ1) is 18.3. The van der Waals surface area contributed by atoms with Crippen LogP contribution in [0.15, 0.2) is 66.9 Å². The molecule has 2 aromatic carbocycles. The molecular weight excluding hydrogens is 342 g/mol. The van der Waals surface area contributed by atoms with Gasteiger partial charge in [-0.3, -0.25) is 9.78 Å². The zero-order valence-corrected chi connectivity index (χ0v) is 15.2. The Bertz CT molecular complexity index is 928. The van der Waals surface area contributed by atoms with Gasteiger partial charge in [-0.1, -0.05) is 24.3 Å². The van der Waals surface area contributed by atoms with Gasteiger partial charge in [-0.2, -0.15) is 0 Å². The fourth-order valence-corrected chi connectivity index (χ4v) is 2.57. The maximum atomic E-state index is 12.6. The molecule has 3 aromatic rings. The van der Waals surface area contributed by atoms with Crippen molar-refractivity contribution in [2.45, 2.75) is 6.92 Å². The third kappa shape index (κ3) is 4.55. The summed E-state index contributed by atoms with van der Waals surface area (Å²) in [5.74, 6) is 1.02. The lowest BCUT2D eigenvalue weighted by Crippen LogP contribution is -2.14. The molecule has 0 aliphatic rings. The molecule has 0 aliphatic heterocycles. The van der Waals surface area contributed by atoms with Crippen molar-refractivity contribution < 1.29 is 14.3 Å². The van der Waals surface area contributed by atoms with Gasteiger partial charge in [0.2, 0.25) is 0 Å². The number of nitrogens with zero attached hydrogens (tertiary/aromatic N) is 1. The lowest BCUT2D eigenvalue weighted by Gasteiger charge is -2.13. The second-order valence-corrected chi connectivity index (χ2v) is 5.64. The number of ether oxygens (including phenoxy) is 2. The summed E-state index contributed by atoms with van der Waals surface area (Å²) in [5.41, 5.74) is 2.44. The van der Waals surface area contributed by atoms with Crippen molar-refractivity contribution in [2.75, 3.05) is 24.4 Å². The van der Waals surface area contributed by atoms with E-state index in [9.17, 15) is 4.79 Å². The van der Waals surface area contributed by atoms with E-state index >= 15 is 0 Å². The van der Waals surface area contributed by atoms with Crippen molar-refractivity contribution in [1.82, 2.24) is 4.98 Å². The van der Waals surface area contributed by atoms with Gasteiger partial charge in [-0.25, -0.2) is 0 Å². The number of carbonyl (C=O) groups is 1. The van der Waals surface area contributed by atoms with Crippen LogP contribution in [0.3, 0.4) is 0 Å². The van der Waals surface area contributed by atoms with E-state index in [2.05, 4.69) is 15.6 Å². The molecular formula is C21H21N3O3. The highest BCUT2D eigenvalue weighted by atomic mass is 16.5. The Kier molecular flexibility index (Phi) is 5.89. The molecule has 0 atom stereocenters. The molecule has 138 valence electrons. The van der Waals surface area contributed by atoms with Crippen LogP contribution in [0.5, 0.6) is 11.5 Å². The molecule has 0 saturated carbocycles. The van der Waals surface area contributed by atoms with E-state index in [1.54, 1.807) is 31.5 Å². The minimum atomic E-state index is -0.314. The van der Waals surface area contributed by atoms with Gasteiger partial charge >= 0.3 is 0 Å². The maximum absolute atomic E-state index is 12.6. The van der Waals surface area contributed by atoms with Crippen molar-refractivity contribution in [2.24, 2.45) is 0 Å². The normalized spacial score (nSPS) is 10.1. The molecule has 0 radical (unpaired) electrons. The molecule has 6 nitrogen and oxygen atoms in total. The monoisotopic (exact) mass is 363 g/mol. The summed E-state index contributed by atoms with van der Waals surface area (Å²) in [6, 6.07) is 18.3. The topological polar surface area (TPSA) is 72.5 Å². The molecule has 0 saturated heterocycles. The van der Waals surface area contributed by atoms with Crippen LogP contribution in [-0.2, 0) is 0 Å². The lowest BCUT2D eigenvalue weighted by molar-refractivity contribution is 0.102. The molecule has 1 aromatic heterocycles. The number of para-hydroxylation sites is 4. The highest BCUT2D eigenvalue weighted by Gasteiger charge is 2.12. The predicted molar refractivity (Wildman–Crippen MR) is 106 cm³/mol. The van der Waals surface area contributed by atoms with Crippen LogP contribution >= 0.6 is 0 Å². The Morgan fingerprint density at radius 1 is 1.00 bits per heavy atom. The maximum Gasteiger partial charge on any atom is 0.274 e. The van der Waals surface area contributed by atoms with Gasteiger partial charge in [0, 0.05) is 11.9 Å². The molecule has 0 aliphatic carbocycles.